The zero-order valence-electron chi connectivity index (χ0n) is 8.27. The van der Waals surface area contributed by atoms with E-state index in [4.69, 9.17) is 16.7 Å². The Balaban J connectivity index is 3.75. The van der Waals surface area contributed by atoms with Gasteiger partial charge in [0.25, 0.3) is 0 Å². The van der Waals surface area contributed by atoms with Gasteiger partial charge in [0.1, 0.15) is 0 Å². The van der Waals surface area contributed by atoms with Crippen molar-refractivity contribution in [3.63, 3.8) is 0 Å². The maximum atomic E-state index is 11.2. The standard InChI is InChI=1S/C9H18ClNO2/c1-9(2,5-7-12)11-8(13)4-3-6-10/h12H,3-7H2,1-2H3,(H,11,13). The molecule has 0 aromatic carbocycles. The third-order valence-corrected chi connectivity index (χ3v) is 2.02. The lowest BCUT2D eigenvalue weighted by Gasteiger charge is -2.25. The van der Waals surface area contributed by atoms with Crippen molar-refractivity contribution < 1.29 is 9.90 Å². The summed E-state index contributed by atoms with van der Waals surface area (Å²) in [7, 11) is 0. The molecule has 0 unspecified atom stereocenters. The minimum Gasteiger partial charge on any atom is -0.396 e. The van der Waals surface area contributed by atoms with E-state index < -0.39 is 0 Å². The number of aliphatic hydroxyl groups is 1. The molecule has 2 N–H and O–H groups in total. The lowest BCUT2D eigenvalue weighted by atomic mass is 10.0. The number of halogens is 1. The van der Waals surface area contributed by atoms with Crippen molar-refractivity contribution in [3.8, 4) is 0 Å². The predicted molar refractivity (Wildman–Crippen MR) is 53.9 cm³/mol. The fraction of sp³-hybridized carbons (Fsp3) is 0.889. The summed E-state index contributed by atoms with van der Waals surface area (Å²) >= 11 is 5.46. The van der Waals surface area contributed by atoms with Crippen LogP contribution in [0, 0.1) is 0 Å². The normalized spacial score (nSPS) is 11.4. The maximum absolute atomic E-state index is 11.2. The van der Waals surface area contributed by atoms with Crippen molar-refractivity contribution in [1.29, 1.82) is 0 Å². The molecule has 0 aliphatic rings. The van der Waals surface area contributed by atoms with Gasteiger partial charge in [0.2, 0.25) is 5.91 Å². The van der Waals surface area contributed by atoms with Gasteiger partial charge in [-0.1, -0.05) is 0 Å². The van der Waals surface area contributed by atoms with Gasteiger partial charge in [0.15, 0.2) is 0 Å². The van der Waals surface area contributed by atoms with Gasteiger partial charge in [-0.2, -0.15) is 0 Å². The Hall–Kier alpha value is -0.280. The Morgan fingerprint density at radius 1 is 1.54 bits per heavy atom. The van der Waals surface area contributed by atoms with E-state index in [-0.39, 0.29) is 18.1 Å². The van der Waals surface area contributed by atoms with Crippen LogP contribution in [0.2, 0.25) is 0 Å². The highest BCUT2D eigenvalue weighted by molar-refractivity contribution is 6.17. The van der Waals surface area contributed by atoms with E-state index in [1.807, 2.05) is 13.8 Å². The van der Waals surface area contributed by atoms with Gasteiger partial charge >= 0.3 is 0 Å². The highest BCUT2D eigenvalue weighted by Gasteiger charge is 2.18. The van der Waals surface area contributed by atoms with Crippen LogP contribution < -0.4 is 5.32 Å². The van der Waals surface area contributed by atoms with E-state index >= 15 is 0 Å². The largest absolute Gasteiger partial charge is 0.396 e. The Morgan fingerprint density at radius 3 is 2.62 bits per heavy atom. The summed E-state index contributed by atoms with van der Waals surface area (Å²) in [5.74, 6) is 0.507. The van der Waals surface area contributed by atoms with Gasteiger partial charge in [-0.05, 0) is 26.7 Å². The lowest BCUT2D eigenvalue weighted by molar-refractivity contribution is -0.122. The second-order valence-corrected chi connectivity index (χ2v) is 4.08. The maximum Gasteiger partial charge on any atom is 0.220 e. The van der Waals surface area contributed by atoms with Crippen LogP contribution in [0.15, 0.2) is 0 Å². The van der Waals surface area contributed by atoms with Gasteiger partial charge in [-0.25, -0.2) is 0 Å². The van der Waals surface area contributed by atoms with E-state index in [0.717, 1.165) is 0 Å². The molecule has 0 saturated carbocycles. The van der Waals surface area contributed by atoms with Crippen LogP contribution >= 0.6 is 11.6 Å². The molecule has 0 bridgehead atoms. The summed E-state index contributed by atoms with van der Waals surface area (Å²) in [6.45, 7) is 3.87. The van der Waals surface area contributed by atoms with Crippen LogP contribution in [0.5, 0.6) is 0 Å². The van der Waals surface area contributed by atoms with Gasteiger partial charge in [-0.3, -0.25) is 4.79 Å². The van der Waals surface area contributed by atoms with Crippen molar-refractivity contribution in [2.75, 3.05) is 12.5 Å². The molecule has 4 heteroatoms. The zero-order valence-corrected chi connectivity index (χ0v) is 9.02. The molecule has 0 saturated heterocycles. The van der Waals surface area contributed by atoms with Crippen LogP contribution in [0.25, 0.3) is 0 Å². The van der Waals surface area contributed by atoms with Crippen molar-refractivity contribution >= 4 is 17.5 Å². The number of amides is 1. The summed E-state index contributed by atoms with van der Waals surface area (Å²) < 4.78 is 0. The second kappa shape index (κ2) is 6.22. The summed E-state index contributed by atoms with van der Waals surface area (Å²) in [5.41, 5.74) is -0.321. The van der Waals surface area contributed by atoms with Gasteiger partial charge in [0.05, 0.1) is 0 Å². The Kier molecular flexibility index (Phi) is 6.08. The fourth-order valence-electron chi connectivity index (χ4n) is 1.01. The lowest BCUT2D eigenvalue weighted by Crippen LogP contribution is -2.43. The van der Waals surface area contributed by atoms with Crippen molar-refractivity contribution in [2.24, 2.45) is 0 Å². The number of rotatable bonds is 6. The minimum atomic E-state index is -0.321. The molecule has 0 heterocycles. The zero-order chi connectivity index (χ0) is 10.3. The molecule has 0 aliphatic heterocycles. The van der Waals surface area contributed by atoms with Crippen molar-refractivity contribution in [1.82, 2.24) is 5.32 Å². The first kappa shape index (κ1) is 12.7. The minimum absolute atomic E-state index is 0.000833. The van der Waals surface area contributed by atoms with Crippen LogP contribution in [0.1, 0.15) is 33.1 Å². The number of hydrogen-bond donors (Lipinski definition) is 2. The highest BCUT2D eigenvalue weighted by atomic mass is 35.5. The summed E-state index contributed by atoms with van der Waals surface area (Å²) in [4.78, 5) is 11.2. The number of carbonyl (C=O) groups is 1. The summed E-state index contributed by atoms with van der Waals surface area (Å²) in [5, 5.41) is 11.6. The number of nitrogens with one attached hydrogen (secondary N) is 1. The molecule has 78 valence electrons. The van der Waals surface area contributed by atoms with Crippen molar-refractivity contribution in [2.45, 2.75) is 38.6 Å². The van der Waals surface area contributed by atoms with Crippen molar-refractivity contribution in [3.05, 3.63) is 0 Å². The molecular formula is C9H18ClNO2. The van der Waals surface area contributed by atoms with E-state index in [1.54, 1.807) is 0 Å². The molecule has 0 spiro atoms. The Morgan fingerprint density at radius 2 is 2.15 bits per heavy atom. The van der Waals surface area contributed by atoms with Crippen LogP contribution in [0.3, 0.4) is 0 Å². The molecular weight excluding hydrogens is 190 g/mol. The molecule has 0 aromatic rings. The molecule has 0 rings (SSSR count). The van der Waals surface area contributed by atoms with E-state index in [2.05, 4.69) is 5.32 Å². The molecule has 0 fully saturated rings. The molecule has 13 heavy (non-hydrogen) atoms. The fourth-order valence-corrected chi connectivity index (χ4v) is 1.14. The number of alkyl halides is 1. The first-order chi connectivity index (χ1) is 6.02. The first-order valence-corrected chi connectivity index (χ1v) is 5.03. The third-order valence-electron chi connectivity index (χ3n) is 1.75. The first-order valence-electron chi connectivity index (χ1n) is 4.49. The Bertz CT molecular complexity index is 160. The van der Waals surface area contributed by atoms with E-state index in [9.17, 15) is 4.79 Å². The molecule has 0 radical (unpaired) electrons. The molecule has 0 aliphatic carbocycles. The predicted octanol–water partition coefficient (Wildman–Crippen LogP) is 1.28. The molecule has 3 nitrogen and oxygen atoms in total. The topological polar surface area (TPSA) is 49.3 Å². The molecule has 1 amide bonds. The Labute approximate surface area is 84.5 Å². The number of hydrogen-bond acceptors (Lipinski definition) is 2. The second-order valence-electron chi connectivity index (χ2n) is 3.70. The summed E-state index contributed by atoms with van der Waals surface area (Å²) in [6.07, 6.45) is 1.72. The van der Waals surface area contributed by atoms with Crippen LogP contribution in [-0.4, -0.2) is 29.0 Å². The highest BCUT2D eigenvalue weighted by Crippen LogP contribution is 2.07. The van der Waals surface area contributed by atoms with Gasteiger partial charge in [-0.15, -0.1) is 11.6 Å². The third kappa shape index (κ3) is 6.84. The van der Waals surface area contributed by atoms with Gasteiger partial charge < -0.3 is 10.4 Å². The SMILES string of the molecule is CC(C)(CCO)NC(=O)CCCCl. The van der Waals surface area contributed by atoms with Crippen LogP contribution in [-0.2, 0) is 4.79 Å². The monoisotopic (exact) mass is 207 g/mol. The average molecular weight is 208 g/mol. The smallest absolute Gasteiger partial charge is 0.220 e. The summed E-state index contributed by atoms with van der Waals surface area (Å²) in [6, 6.07) is 0. The molecule has 0 atom stereocenters. The van der Waals surface area contributed by atoms with Crippen LogP contribution in [0.4, 0.5) is 0 Å². The van der Waals surface area contributed by atoms with Gasteiger partial charge in [0, 0.05) is 24.4 Å². The average Bonchev–Trinajstić information content (AvgIpc) is 1.99. The quantitative estimate of drug-likeness (QED) is 0.645. The number of carbonyl (C=O) groups excluding carboxylic acids is 1. The van der Waals surface area contributed by atoms with E-state index in [0.29, 0.717) is 25.1 Å². The molecule has 0 aromatic heterocycles. The van der Waals surface area contributed by atoms with E-state index in [1.165, 1.54) is 0 Å². The number of aliphatic hydroxyl groups excluding tert-OH is 1.